The van der Waals surface area contributed by atoms with Gasteiger partial charge >= 0.3 is 83.2 Å². The van der Waals surface area contributed by atoms with Crippen LogP contribution in [0, 0.1) is 0 Å². The molecule has 0 heterocycles. The summed E-state index contributed by atoms with van der Waals surface area (Å²) in [7, 11) is -5.61. The Kier molecular flexibility index (Phi) is 16.2. The van der Waals surface area contributed by atoms with E-state index in [0.717, 1.165) is 0 Å². The van der Waals surface area contributed by atoms with Crippen molar-refractivity contribution in [3.8, 4) is 0 Å². The van der Waals surface area contributed by atoms with Crippen LogP contribution in [-0.2, 0) is 0 Å². The Bertz CT molecular complexity index is 27.2. The molecule has 0 aliphatic rings. The number of rotatable bonds is 0. The van der Waals surface area contributed by atoms with Gasteiger partial charge in [-0.3, -0.25) is 0 Å². The molecule has 0 aliphatic carbocycles. The zero-order chi connectivity index (χ0) is 4.50. The fraction of sp³-hybridized carbons (Fsp3) is 0. The van der Waals surface area contributed by atoms with E-state index in [0.29, 0.717) is 0 Å². The topological polar surface area (TPSA) is 92.2 Å². The van der Waals surface area contributed by atoms with E-state index in [2.05, 4.69) is 0 Å². The second kappa shape index (κ2) is 6.91. The Morgan fingerprint density at radius 3 is 0.857 bits per heavy atom. The molecular weight excluding hydrogens is 220 g/mol. The van der Waals surface area contributed by atoms with Crippen LogP contribution in [0.5, 0.6) is 0 Å². The van der Waals surface area contributed by atoms with Gasteiger partial charge in [0.05, 0.1) is 0 Å². The van der Waals surface area contributed by atoms with E-state index in [4.69, 9.17) is 19.2 Å². The molecule has 7 heteroatoms. The molecule has 0 saturated carbocycles. The maximum Gasteiger partial charge on any atom is 2.00 e. The van der Waals surface area contributed by atoms with Gasteiger partial charge in [-0.25, -0.2) is 0 Å². The van der Waals surface area contributed by atoms with E-state index >= 15 is 0 Å². The minimum Gasteiger partial charge on any atom is -0.894 e. The van der Waals surface area contributed by atoms with Crippen molar-refractivity contribution in [1.82, 2.24) is 0 Å². The molecule has 0 aromatic rings. The summed E-state index contributed by atoms with van der Waals surface area (Å²) >= 11 is 0. The van der Waals surface area contributed by atoms with Crippen LogP contribution in [0.3, 0.4) is 0 Å². The van der Waals surface area contributed by atoms with Crippen LogP contribution in [0.15, 0.2) is 0 Å². The first-order valence-corrected chi connectivity index (χ1v) is 2.45. The van der Waals surface area contributed by atoms with Crippen LogP contribution in [0.4, 0.5) is 0 Å². The van der Waals surface area contributed by atoms with E-state index in [-0.39, 0.29) is 83.2 Å². The molecule has 0 bridgehead atoms. The summed E-state index contributed by atoms with van der Waals surface area (Å²) in [4.78, 5) is 34.3. The SMILES string of the molecule is [Ca+2].[O-][Si]([O-])([O-])[O-].[Sr+2]. The van der Waals surface area contributed by atoms with Gasteiger partial charge in [-0.2, -0.15) is 0 Å². The Labute approximate surface area is 109 Å². The second-order valence-corrected chi connectivity index (χ2v) is 1.50. The molecule has 0 fully saturated rings. The van der Waals surface area contributed by atoms with Crippen molar-refractivity contribution in [1.29, 1.82) is 0 Å². The van der Waals surface area contributed by atoms with Crippen molar-refractivity contribution >= 4 is 92.3 Å². The summed E-state index contributed by atoms with van der Waals surface area (Å²) in [6.07, 6.45) is 0. The summed E-state index contributed by atoms with van der Waals surface area (Å²) in [6, 6.07) is 0. The van der Waals surface area contributed by atoms with Crippen LogP contribution in [0.2, 0.25) is 0 Å². The molecule has 7 heavy (non-hydrogen) atoms. The predicted octanol–water partition coefficient (Wildman–Crippen LogP) is -5.90. The van der Waals surface area contributed by atoms with Gasteiger partial charge in [-0.15, -0.1) is 0 Å². The average Bonchev–Trinajstić information content (AvgIpc) is 0.722. The van der Waals surface area contributed by atoms with E-state index in [1.54, 1.807) is 0 Å². The molecule has 0 amide bonds. The molecule has 0 radical (unpaired) electrons. The maximum absolute atomic E-state index is 8.58. The molecular formula is CaO4SiSr. The largest absolute Gasteiger partial charge is 2.00 e. The van der Waals surface area contributed by atoms with E-state index in [1.807, 2.05) is 0 Å². The van der Waals surface area contributed by atoms with Crippen molar-refractivity contribution < 1.29 is 19.2 Å². The summed E-state index contributed by atoms with van der Waals surface area (Å²) < 4.78 is 0. The standard InChI is InChI=1S/Ca.O4Si.Sr/c;1-5(2,3)4;/q+2;-4;+2. The normalized spacial score (nSPS) is 8.57. The van der Waals surface area contributed by atoms with Crippen LogP contribution >= 0.6 is 0 Å². The molecule has 0 saturated heterocycles. The zero-order valence-corrected chi connectivity index (χ0v) is 10.2. The first kappa shape index (κ1) is 16.4. The molecule has 0 unspecified atom stereocenters. The van der Waals surface area contributed by atoms with Crippen LogP contribution in [0.1, 0.15) is 0 Å². The van der Waals surface area contributed by atoms with Crippen molar-refractivity contribution in [2.75, 3.05) is 0 Å². The fourth-order valence-corrected chi connectivity index (χ4v) is 0. The van der Waals surface area contributed by atoms with Crippen LogP contribution < -0.4 is 19.2 Å². The zero-order valence-electron chi connectivity index (χ0n) is 3.55. The third-order valence-corrected chi connectivity index (χ3v) is 0. The van der Waals surface area contributed by atoms with Crippen molar-refractivity contribution in [3.63, 3.8) is 0 Å². The van der Waals surface area contributed by atoms with Gasteiger partial charge in [0.2, 0.25) is 0 Å². The van der Waals surface area contributed by atoms with Gasteiger partial charge in [-0.1, -0.05) is 0 Å². The molecule has 0 N–H and O–H groups in total. The molecule has 0 aliphatic heterocycles. The van der Waals surface area contributed by atoms with Gasteiger partial charge in [0.1, 0.15) is 0 Å². The van der Waals surface area contributed by atoms with Crippen molar-refractivity contribution in [2.24, 2.45) is 0 Å². The van der Waals surface area contributed by atoms with Crippen LogP contribution in [-0.4, -0.2) is 92.3 Å². The predicted molar refractivity (Wildman–Crippen MR) is 17.3 cm³/mol. The molecule has 0 atom stereocenters. The Hall–Kier alpha value is 2.80. The van der Waals surface area contributed by atoms with Gasteiger partial charge in [0.15, 0.2) is 0 Å². The van der Waals surface area contributed by atoms with Crippen molar-refractivity contribution in [3.05, 3.63) is 0 Å². The Balaban J connectivity index is -0.0000000800. The molecule has 0 aromatic heterocycles. The molecule has 32 valence electrons. The fourth-order valence-electron chi connectivity index (χ4n) is 0. The first-order chi connectivity index (χ1) is 2.00. The van der Waals surface area contributed by atoms with Gasteiger partial charge in [-0.05, 0) is 0 Å². The Morgan fingerprint density at radius 1 is 0.857 bits per heavy atom. The third-order valence-electron chi connectivity index (χ3n) is 0. The average molecular weight is 220 g/mol. The summed E-state index contributed by atoms with van der Waals surface area (Å²) in [5.41, 5.74) is 0. The molecule has 0 rings (SSSR count). The molecule has 0 aromatic carbocycles. The summed E-state index contributed by atoms with van der Waals surface area (Å²) in [6.45, 7) is 0. The first-order valence-electron chi connectivity index (χ1n) is 0.816. The number of hydrogen-bond donors (Lipinski definition) is 0. The third kappa shape index (κ3) is 51.9. The molecule has 4 nitrogen and oxygen atoms in total. The quantitative estimate of drug-likeness (QED) is 0.380. The minimum atomic E-state index is -5.61. The van der Waals surface area contributed by atoms with Gasteiger partial charge in [0, 0.05) is 0 Å². The van der Waals surface area contributed by atoms with E-state index in [9.17, 15) is 0 Å². The molecule has 0 spiro atoms. The smallest absolute Gasteiger partial charge is 0.894 e. The summed E-state index contributed by atoms with van der Waals surface area (Å²) in [5, 5.41) is 0. The minimum absolute atomic E-state index is 0. The van der Waals surface area contributed by atoms with Gasteiger partial charge in [0.25, 0.3) is 0 Å². The number of hydrogen-bond acceptors (Lipinski definition) is 4. The monoisotopic (exact) mass is 220 g/mol. The van der Waals surface area contributed by atoms with E-state index < -0.39 is 9.05 Å². The Morgan fingerprint density at radius 2 is 0.857 bits per heavy atom. The summed E-state index contributed by atoms with van der Waals surface area (Å²) in [5.74, 6) is 0. The van der Waals surface area contributed by atoms with Gasteiger partial charge < -0.3 is 28.2 Å². The van der Waals surface area contributed by atoms with Crippen molar-refractivity contribution in [2.45, 2.75) is 0 Å². The van der Waals surface area contributed by atoms with Crippen LogP contribution in [0.25, 0.3) is 0 Å². The second-order valence-electron chi connectivity index (χ2n) is 0.500. The van der Waals surface area contributed by atoms with E-state index in [1.165, 1.54) is 0 Å². The maximum atomic E-state index is 8.58.